The number of halogens is 1. The average Bonchev–Trinajstić information content (AvgIpc) is 3.11. The molecule has 0 amide bonds. The molecule has 6 nitrogen and oxygen atoms in total. The molecular weight excluding hydrogens is 410 g/mol. The third-order valence-corrected chi connectivity index (χ3v) is 4.73. The lowest BCUT2D eigenvalue weighted by Crippen LogP contribution is -2.00. The van der Waals surface area contributed by atoms with Crippen LogP contribution in [0, 0.1) is 0 Å². The zero-order valence-corrected chi connectivity index (χ0v) is 15.8. The highest BCUT2D eigenvalue weighted by atomic mass is 79.9. The number of aromatic carboxylic acids is 1. The number of nitrogens with zero attached hydrogens (tertiary/aromatic N) is 2. The first-order valence-electron chi connectivity index (χ1n) is 8.09. The number of carboxylic acid groups (broad SMARTS) is 1. The molecule has 2 aromatic heterocycles. The van der Waals surface area contributed by atoms with E-state index in [0.717, 1.165) is 15.6 Å². The number of aromatic amines is 1. The zero-order valence-electron chi connectivity index (χ0n) is 14.2. The number of rotatable bonds is 4. The van der Waals surface area contributed by atoms with Crippen LogP contribution in [0.5, 0.6) is 5.75 Å². The van der Waals surface area contributed by atoms with Crippen LogP contribution in [0.15, 0.2) is 59.1 Å². The first kappa shape index (κ1) is 17.2. The Morgan fingerprint density at radius 1 is 1.11 bits per heavy atom. The Kier molecular flexibility index (Phi) is 4.37. The lowest BCUT2D eigenvalue weighted by molar-refractivity contribution is 0.0699. The summed E-state index contributed by atoms with van der Waals surface area (Å²) in [5, 5.41) is 17.4. The third kappa shape index (κ3) is 3.17. The fraction of sp³-hybridized carbons (Fsp3) is 0.0500. The summed E-state index contributed by atoms with van der Waals surface area (Å²) in [7, 11) is 1.58. The molecule has 0 radical (unpaired) electrons. The van der Waals surface area contributed by atoms with E-state index in [0.29, 0.717) is 28.2 Å². The molecular formula is C20H14BrN3O3. The molecule has 134 valence electrons. The van der Waals surface area contributed by atoms with Gasteiger partial charge in [0, 0.05) is 15.6 Å². The van der Waals surface area contributed by atoms with Crippen molar-refractivity contribution in [2.75, 3.05) is 7.11 Å². The number of hydrogen-bond acceptors (Lipinski definition) is 4. The second kappa shape index (κ2) is 6.85. The van der Waals surface area contributed by atoms with Crippen molar-refractivity contribution in [2.45, 2.75) is 0 Å². The molecule has 27 heavy (non-hydrogen) atoms. The van der Waals surface area contributed by atoms with Crippen LogP contribution in [0.25, 0.3) is 33.5 Å². The predicted molar refractivity (Wildman–Crippen MR) is 106 cm³/mol. The lowest BCUT2D eigenvalue weighted by atomic mass is 10.0. The van der Waals surface area contributed by atoms with Crippen LogP contribution in [-0.4, -0.2) is 33.4 Å². The third-order valence-electron chi connectivity index (χ3n) is 4.23. The van der Waals surface area contributed by atoms with Crippen LogP contribution in [0.4, 0.5) is 0 Å². The summed E-state index contributed by atoms with van der Waals surface area (Å²) < 4.78 is 6.15. The second-order valence-electron chi connectivity index (χ2n) is 5.90. The fourth-order valence-corrected chi connectivity index (χ4v) is 3.37. The smallest absolute Gasteiger partial charge is 0.336 e. The van der Waals surface area contributed by atoms with Crippen molar-refractivity contribution in [2.24, 2.45) is 0 Å². The van der Waals surface area contributed by atoms with E-state index in [1.54, 1.807) is 13.2 Å². The number of fused-ring (bicyclic) bond motifs is 1. The fourth-order valence-electron chi connectivity index (χ4n) is 2.98. The molecule has 0 fully saturated rings. The second-order valence-corrected chi connectivity index (χ2v) is 6.82. The van der Waals surface area contributed by atoms with Crippen LogP contribution in [0.2, 0.25) is 0 Å². The predicted octanol–water partition coefficient (Wildman–Crippen LogP) is 4.76. The number of methoxy groups -OCH3 is 1. The monoisotopic (exact) mass is 423 g/mol. The van der Waals surface area contributed by atoms with Gasteiger partial charge in [0.05, 0.1) is 29.4 Å². The van der Waals surface area contributed by atoms with Gasteiger partial charge in [-0.15, -0.1) is 0 Å². The highest BCUT2D eigenvalue weighted by Gasteiger charge is 2.20. The summed E-state index contributed by atoms with van der Waals surface area (Å²) in [4.78, 5) is 16.5. The molecule has 0 aliphatic rings. The minimum atomic E-state index is -1.04. The van der Waals surface area contributed by atoms with Gasteiger partial charge >= 0.3 is 5.97 Å². The molecule has 0 aliphatic heterocycles. The Bertz CT molecular complexity index is 1170. The molecule has 0 unspecified atom stereocenters. The van der Waals surface area contributed by atoms with E-state index in [2.05, 4.69) is 31.1 Å². The van der Waals surface area contributed by atoms with Crippen molar-refractivity contribution >= 4 is 32.9 Å². The number of carbonyl (C=O) groups is 1. The molecule has 0 saturated heterocycles. The number of H-pyrrole nitrogens is 1. The normalized spacial score (nSPS) is 10.9. The van der Waals surface area contributed by atoms with E-state index in [4.69, 9.17) is 4.74 Å². The standard InChI is InChI=1S/C20H14BrN3O3/c1-27-14-7-3-5-12(9-14)18-17-15(20(25)26)10-16(22-19(17)24-23-18)11-4-2-6-13(21)8-11/h2-10H,1H3,(H,25,26)(H,22,23,24). The topological polar surface area (TPSA) is 88.1 Å². The van der Waals surface area contributed by atoms with E-state index in [1.165, 1.54) is 0 Å². The Labute approximate surface area is 163 Å². The van der Waals surface area contributed by atoms with E-state index in [-0.39, 0.29) is 5.56 Å². The number of ether oxygens (including phenoxy) is 1. The SMILES string of the molecule is COc1cccc(-c2[nH]nc3nc(-c4cccc(Br)c4)cc(C(=O)O)c23)c1. The number of benzene rings is 2. The van der Waals surface area contributed by atoms with Gasteiger partial charge in [-0.1, -0.05) is 40.2 Å². The number of nitrogens with one attached hydrogen (secondary N) is 1. The van der Waals surface area contributed by atoms with Crippen molar-refractivity contribution in [1.82, 2.24) is 15.2 Å². The van der Waals surface area contributed by atoms with Gasteiger partial charge in [0.25, 0.3) is 0 Å². The number of carboxylic acids is 1. The van der Waals surface area contributed by atoms with Gasteiger partial charge in [0.2, 0.25) is 0 Å². The maximum absolute atomic E-state index is 12.0. The van der Waals surface area contributed by atoms with Crippen LogP contribution in [-0.2, 0) is 0 Å². The zero-order chi connectivity index (χ0) is 19.0. The van der Waals surface area contributed by atoms with Gasteiger partial charge in [-0.25, -0.2) is 9.78 Å². The van der Waals surface area contributed by atoms with E-state index in [9.17, 15) is 9.90 Å². The Hall–Kier alpha value is -3.19. The molecule has 7 heteroatoms. The van der Waals surface area contributed by atoms with Crippen molar-refractivity contribution < 1.29 is 14.6 Å². The summed E-state index contributed by atoms with van der Waals surface area (Å²) in [5.41, 5.74) is 3.21. The van der Waals surface area contributed by atoms with Crippen LogP contribution < -0.4 is 4.74 Å². The molecule has 2 N–H and O–H groups in total. The van der Waals surface area contributed by atoms with Crippen LogP contribution in [0.1, 0.15) is 10.4 Å². The molecule has 0 atom stereocenters. The summed E-state index contributed by atoms with van der Waals surface area (Å²) in [6.07, 6.45) is 0. The first-order valence-corrected chi connectivity index (χ1v) is 8.89. The lowest BCUT2D eigenvalue weighted by Gasteiger charge is -2.07. The summed E-state index contributed by atoms with van der Waals surface area (Å²) in [5.74, 6) is -0.366. The molecule has 4 aromatic rings. The highest BCUT2D eigenvalue weighted by molar-refractivity contribution is 9.10. The Balaban J connectivity index is 1.96. The van der Waals surface area contributed by atoms with Crippen molar-refractivity contribution in [3.8, 4) is 28.3 Å². The van der Waals surface area contributed by atoms with E-state index < -0.39 is 5.97 Å². The number of pyridine rings is 1. The molecule has 2 aromatic carbocycles. The van der Waals surface area contributed by atoms with Gasteiger partial charge < -0.3 is 9.84 Å². The summed E-state index contributed by atoms with van der Waals surface area (Å²) in [6, 6.07) is 16.5. The van der Waals surface area contributed by atoms with Gasteiger partial charge in [0.15, 0.2) is 5.65 Å². The van der Waals surface area contributed by atoms with Crippen molar-refractivity contribution in [1.29, 1.82) is 0 Å². The molecule has 0 spiro atoms. The van der Waals surface area contributed by atoms with Gasteiger partial charge in [0.1, 0.15) is 5.75 Å². The highest BCUT2D eigenvalue weighted by Crippen LogP contribution is 2.33. The van der Waals surface area contributed by atoms with Crippen LogP contribution in [0.3, 0.4) is 0 Å². The minimum Gasteiger partial charge on any atom is -0.497 e. The number of aromatic nitrogens is 3. The quantitative estimate of drug-likeness (QED) is 0.493. The largest absolute Gasteiger partial charge is 0.497 e. The van der Waals surface area contributed by atoms with Crippen molar-refractivity contribution in [3.05, 3.63) is 64.6 Å². The van der Waals surface area contributed by atoms with E-state index >= 15 is 0 Å². The van der Waals surface area contributed by atoms with Gasteiger partial charge in [-0.3, -0.25) is 5.10 Å². The maximum Gasteiger partial charge on any atom is 0.336 e. The Morgan fingerprint density at radius 2 is 1.89 bits per heavy atom. The molecule has 4 rings (SSSR count). The van der Waals surface area contributed by atoms with Gasteiger partial charge in [-0.05, 0) is 30.3 Å². The maximum atomic E-state index is 12.0. The van der Waals surface area contributed by atoms with Crippen molar-refractivity contribution in [3.63, 3.8) is 0 Å². The van der Waals surface area contributed by atoms with E-state index in [1.807, 2.05) is 48.5 Å². The van der Waals surface area contributed by atoms with Gasteiger partial charge in [-0.2, -0.15) is 5.10 Å². The first-order chi connectivity index (χ1) is 13.1. The van der Waals surface area contributed by atoms with Crippen LogP contribution >= 0.6 is 15.9 Å². The summed E-state index contributed by atoms with van der Waals surface area (Å²) >= 11 is 3.43. The molecule has 0 aliphatic carbocycles. The number of hydrogen-bond donors (Lipinski definition) is 2. The molecule has 0 saturated carbocycles. The molecule has 2 heterocycles. The minimum absolute atomic E-state index is 0.140. The Morgan fingerprint density at radius 3 is 2.63 bits per heavy atom. The molecule has 0 bridgehead atoms. The summed E-state index contributed by atoms with van der Waals surface area (Å²) in [6.45, 7) is 0. The average molecular weight is 424 g/mol.